The Morgan fingerprint density at radius 3 is 3.05 bits per heavy atom. The van der Waals surface area contributed by atoms with Gasteiger partial charge in [-0.15, -0.1) is 0 Å². The van der Waals surface area contributed by atoms with E-state index in [-0.39, 0.29) is 24.3 Å². The smallest absolute Gasteiger partial charge is 0.360 e. The van der Waals surface area contributed by atoms with E-state index in [2.05, 4.69) is 4.98 Å². The first-order valence-electron chi connectivity index (χ1n) is 6.14. The third kappa shape index (κ3) is 2.69. The van der Waals surface area contributed by atoms with E-state index in [4.69, 9.17) is 13.9 Å². The number of carbonyl (C=O) groups is 2. The SMILES string of the molecule is CCOC(=O)c1coc(N2CCCC2C(=O)OC)n1. The zero-order valence-electron chi connectivity index (χ0n) is 10.9. The largest absolute Gasteiger partial charge is 0.467 e. The van der Waals surface area contributed by atoms with Crippen LogP contribution < -0.4 is 4.90 Å². The van der Waals surface area contributed by atoms with Crippen molar-refractivity contribution in [3.63, 3.8) is 0 Å². The number of nitrogens with zero attached hydrogens (tertiary/aromatic N) is 2. The molecule has 0 saturated carbocycles. The minimum Gasteiger partial charge on any atom is -0.467 e. The number of methoxy groups -OCH3 is 1. The predicted molar refractivity (Wildman–Crippen MR) is 64.8 cm³/mol. The number of hydrogen-bond acceptors (Lipinski definition) is 7. The fourth-order valence-corrected chi connectivity index (χ4v) is 2.07. The summed E-state index contributed by atoms with van der Waals surface area (Å²) in [6.45, 7) is 2.63. The van der Waals surface area contributed by atoms with Gasteiger partial charge in [0, 0.05) is 6.54 Å². The molecule has 0 amide bonds. The van der Waals surface area contributed by atoms with E-state index in [1.165, 1.54) is 13.4 Å². The summed E-state index contributed by atoms with van der Waals surface area (Å²) in [5.41, 5.74) is 0.104. The van der Waals surface area contributed by atoms with Crippen LogP contribution >= 0.6 is 0 Å². The van der Waals surface area contributed by atoms with E-state index in [1.54, 1.807) is 11.8 Å². The summed E-state index contributed by atoms with van der Waals surface area (Å²) in [6.07, 6.45) is 2.76. The molecule has 1 aliphatic rings. The van der Waals surface area contributed by atoms with Crippen molar-refractivity contribution in [2.45, 2.75) is 25.8 Å². The second-order valence-corrected chi connectivity index (χ2v) is 4.11. The van der Waals surface area contributed by atoms with Crippen LogP contribution in [-0.2, 0) is 14.3 Å². The Morgan fingerprint density at radius 1 is 1.58 bits per heavy atom. The van der Waals surface area contributed by atoms with E-state index in [9.17, 15) is 9.59 Å². The zero-order valence-corrected chi connectivity index (χ0v) is 10.9. The van der Waals surface area contributed by atoms with Crippen LogP contribution in [-0.4, -0.2) is 43.2 Å². The number of hydrogen-bond donors (Lipinski definition) is 0. The maximum Gasteiger partial charge on any atom is 0.360 e. The molecule has 1 atom stereocenters. The van der Waals surface area contributed by atoms with Gasteiger partial charge in [0.15, 0.2) is 5.69 Å². The number of carbonyl (C=O) groups excluding carboxylic acids is 2. The molecule has 0 aliphatic carbocycles. The highest BCUT2D eigenvalue weighted by atomic mass is 16.5. The van der Waals surface area contributed by atoms with Crippen LogP contribution in [0.25, 0.3) is 0 Å². The number of esters is 2. The number of anilines is 1. The van der Waals surface area contributed by atoms with Crippen LogP contribution in [0.15, 0.2) is 10.7 Å². The average molecular weight is 268 g/mol. The fraction of sp³-hybridized carbons (Fsp3) is 0.583. The molecule has 1 aromatic heterocycles. The Hall–Kier alpha value is -2.05. The summed E-state index contributed by atoms with van der Waals surface area (Å²) in [5, 5.41) is 0. The first-order chi connectivity index (χ1) is 9.17. The molecule has 0 spiro atoms. The standard InChI is InChI=1S/C12H16N2O5/c1-3-18-10(15)8-7-19-12(13-8)14-6-4-5-9(14)11(16)17-2/h7,9H,3-6H2,1-2H3. The van der Waals surface area contributed by atoms with Crippen molar-refractivity contribution in [3.05, 3.63) is 12.0 Å². The second-order valence-electron chi connectivity index (χ2n) is 4.11. The molecule has 0 N–H and O–H groups in total. The monoisotopic (exact) mass is 268 g/mol. The van der Waals surface area contributed by atoms with E-state index in [1.807, 2.05) is 0 Å². The molecule has 0 aromatic carbocycles. The lowest BCUT2D eigenvalue weighted by atomic mass is 10.2. The van der Waals surface area contributed by atoms with E-state index in [0.717, 1.165) is 6.42 Å². The van der Waals surface area contributed by atoms with Gasteiger partial charge in [0.05, 0.1) is 13.7 Å². The third-order valence-electron chi connectivity index (χ3n) is 2.95. The molecule has 19 heavy (non-hydrogen) atoms. The molecule has 2 heterocycles. The van der Waals surface area contributed by atoms with Crippen LogP contribution in [0.1, 0.15) is 30.3 Å². The lowest BCUT2D eigenvalue weighted by Gasteiger charge is -2.20. The van der Waals surface area contributed by atoms with Crippen LogP contribution in [0.4, 0.5) is 6.01 Å². The molecule has 0 radical (unpaired) electrons. The van der Waals surface area contributed by atoms with Gasteiger partial charge in [-0.3, -0.25) is 0 Å². The predicted octanol–water partition coefficient (Wildman–Crippen LogP) is 0.993. The van der Waals surface area contributed by atoms with Crippen molar-refractivity contribution in [2.75, 3.05) is 25.2 Å². The highest BCUT2D eigenvalue weighted by Crippen LogP contribution is 2.25. The van der Waals surface area contributed by atoms with Crippen LogP contribution in [0.5, 0.6) is 0 Å². The molecule has 2 rings (SSSR count). The molecule has 1 fully saturated rings. The normalized spacial score (nSPS) is 18.4. The Bertz CT molecular complexity index is 470. The highest BCUT2D eigenvalue weighted by molar-refractivity contribution is 5.87. The summed E-state index contributed by atoms with van der Waals surface area (Å²) >= 11 is 0. The van der Waals surface area contributed by atoms with Gasteiger partial charge in [0.2, 0.25) is 0 Å². The third-order valence-corrected chi connectivity index (χ3v) is 2.95. The lowest BCUT2D eigenvalue weighted by Crippen LogP contribution is -2.37. The summed E-state index contributed by atoms with van der Waals surface area (Å²) in [7, 11) is 1.35. The molecule has 7 nitrogen and oxygen atoms in total. The molecule has 104 valence electrons. The molecular formula is C12H16N2O5. The number of oxazole rings is 1. The van der Waals surface area contributed by atoms with Gasteiger partial charge in [0.1, 0.15) is 12.3 Å². The molecule has 0 bridgehead atoms. The maximum atomic E-state index is 11.6. The van der Waals surface area contributed by atoms with E-state index < -0.39 is 12.0 Å². The minimum atomic E-state index is -0.536. The molecule has 1 aliphatic heterocycles. The Morgan fingerprint density at radius 2 is 2.37 bits per heavy atom. The van der Waals surface area contributed by atoms with Crippen molar-refractivity contribution in [2.24, 2.45) is 0 Å². The molecular weight excluding hydrogens is 252 g/mol. The van der Waals surface area contributed by atoms with Gasteiger partial charge >= 0.3 is 11.9 Å². The summed E-state index contributed by atoms with van der Waals surface area (Å²) in [4.78, 5) is 28.9. The van der Waals surface area contributed by atoms with Gasteiger partial charge in [0.25, 0.3) is 6.01 Å². The van der Waals surface area contributed by atoms with Crippen molar-refractivity contribution in [1.29, 1.82) is 0 Å². The molecule has 1 unspecified atom stereocenters. The average Bonchev–Trinajstić information content (AvgIpc) is 3.06. The molecule has 1 aromatic rings. The van der Waals surface area contributed by atoms with E-state index in [0.29, 0.717) is 13.0 Å². The zero-order chi connectivity index (χ0) is 13.8. The fourth-order valence-electron chi connectivity index (χ4n) is 2.07. The van der Waals surface area contributed by atoms with Crippen molar-refractivity contribution in [3.8, 4) is 0 Å². The van der Waals surface area contributed by atoms with Gasteiger partial charge in [-0.05, 0) is 19.8 Å². The first kappa shape index (κ1) is 13.4. The van der Waals surface area contributed by atoms with Gasteiger partial charge in [-0.2, -0.15) is 4.98 Å². The summed E-state index contributed by atoms with van der Waals surface area (Å²) < 4.78 is 14.8. The number of rotatable bonds is 4. The molecule has 1 saturated heterocycles. The Labute approximate surface area is 110 Å². The summed E-state index contributed by atoms with van der Waals surface area (Å²) in [6, 6.07) is -0.158. The number of aromatic nitrogens is 1. The van der Waals surface area contributed by atoms with Gasteiger partial charge < -0.3 is 18.8 Å². The summed E-state index contributed by atoms with van der Waals surface area (Å²) in [5.74, 6) is -0.861. The van der Waals surface area contributed by atoms with Crippen molar-refractivity contribution < 1.29 is 23.5 Å². The van der Waals surface area contributed by atoms with Gasteiger partial charge in [-0.25, -0.2) is 9.59 Å². The quantitative estimate of drug-likeness (QED) is 0.753. The van der Waals surface area contributed by atoms with Gasteiger partial charge in [-0.1, -0.05) is 0 Å². The minimum absolute atomic E-state index is 0.104. The van der Waals surface area contributed by atoms with Crippen molar-refractivity contribution in [1.82, 2.24) is 4.98 Å². The molecule has 7 heteroatoms. The lowest BCUT2D eigenvalue weighted by molar-refractivity contribution is -0.142. The Kier molecular flexibility index (Phi) is 4.03. The van der Waals surface area contributed by atoms with E-state index >= 15 is 0 Å². The topological polar surface area (TPSA) is 81.9 Å². The second kappa shape index (κ2) is 5.73. The number of ether oxygens (including phenoxy) is 2. The van der Waals surface area contributed by atoms with Crippen LogP contribution in [0, 0.1) is 0 Å². The highest BCUT2D eigenvalue weighted by Gasteiger charge is 2.34. The Balaban J connectivity index is 2.13. The first-order valence-corrected chi connectivity index (χ1v) is 6.14. The van der Waals surface area contributed by atoms with Crippen LogP contribution in [0.2, 0.25) is 0 Å². The van der Waals surface area contributed by atoms with Crippen molar-refractivity contribution >= 4 is 18.0 Å². The maximum absolute atomic E-state index is 11.6. The van der Waals surface area contributed by atoms with Crippen LogP contribution in [0.3, 0.4) is 0 Å².